The van der Waals surface area contributed by atoms with Gasteiger partial charge in [-0.05, 0) is 43.5 Å². The van der Waals surface area contributed by atoms with E-state index in [9.17, 15) is 12.8 Å². The lowest BCUT2D eigenvalue weighted by molar-refractivity contribution is 0.516. The molecule has 1 aliphatic carbocycles. The van der Waals surface area contributed by atoms with Gasteiger partial charge >= 0.3 is 0 Å². The summed E-state index contributed by atoms with van der Waals surface area (Å²) in [6.45, 7) is 2.02. The second kappa shape index (κ2) is 7.61. The lowest BCUT2D eigenvalue weighted by atomic mass is 10.0. The third-order valence-electron chi connectivity index (χ3n) is 3.73. The Morgan fingerprint density at radius 3 is 2.67 bits per heavy atom. The third kappa shape index (κ3) is 4.97. The van der Waals surface area contributed by atoms with Gasteiger partial charge in [0.1, 0.15) is 5.82 Å². The fraction of sp³-hybridized carbons (Fsp3) is 0.600. The minimum atomic E-state index is -3.54. The summed E-state index contributed by atoms with van der Waals surface area (Å²) in [5.41, 5.74) is 0.433. The van der Waals surface area contributed by atoms with Gasteiger partial charge in [0.05, 0.1) is 4.90 Å². The second-order valence-electron chi connectivity index (χ2n) is 5.44. The van der Waals surface area contributed by atoms with E-state index in [4.69, 9.17) is 0 Å². The Balaban J connectivity index is 1.83. The maximum Gasteiger partial charge on any atom is 0.240 e. The van der Waals surface area contributed by atoms with E-state index in [1.165, 1.54) is 50.3 Å². The first-order valence-corrected chi connectivity index (χ1v) is 9.89. The summed E-state index contributed by atoms with van der Waals surface area (Å²) in [7, 11) is -3.54. The maximum atomic E-state index is 13.0. The zero-order valence-corrected chi connectivity index (χ0v) is 13.9. The molecule has 1 aromatic rings. The number of nitrogens with one attached hydrogen (secondary N) is 1. The van der Waals surface area contributed by atoms with Crippen LogP contribution in [0.1, 0.15) is 37.7 Å². The average Bonchev–Trinajstić information content (AvgIpc) is 2.44. The molecule has 0 unspecified atom stereocenters. The summed E-state index contributed by atoms with van der Waals surface area (Å²) >= 11 is 1.85. The highest BCUT2D eigenvalue weighted by molar-refractivity contribution is 8.00. The van der Waals surface area contributed by atoms with Gasteiger partial charge in [0.25, 0.3) is 0 Å². The first-order valence-electron chi connectivity index (χ1n) is 7.36. The predicted molar refractivity (Wildman–Crippen MR) is 85.7 cm³/mol. The zero-order chi connectivity index (χ0) is 15.3. The van der Waals surface area contributed by atoms with Crippen molar-refractivity contribution in [3.63, 3.8) is 0 Å². The van der Waals surface area contributed by atoms with Gasteiger partial charge in [-0.3, -0.25) is 0 Å². The van der Waals surface area contributed by atoms with Crippen LogP contribution in [0.3, 0.4) is 0 Å². The summed E-state index contributed by atoms with van der Waals surface area (Å²) in [6, 6.07) is 3.74. The van der Waals surface area contributed by atoms with E-state index < -0.39 is 15.8 Å². The summed E-state index contributed by atoms with van der Waals surface area (Å²) in [5, 5.41) is 0.677. The molecule has 0 bridgehead atoms. The van der Waals surface area contributed by atoms with Crippen molar-refractivity contribution in [3.05, 3.63) is 29.6 Å². The van der Waals surface area contributed by atoms with E-state index in [0.717, 1.165) is 5.75 Å². The minimum absolute atomic E-state index is 0.159. The molecule has 3 nitrogen and oxygen atoms in total. The van der Waals surface area contributed by atoms with Crippen LogP contribution >= 0.6 is 11.8 Å². The Labute approximate surface area is 130 Å². The number of sulfonamides is 1. The second-order valence-corrected chi connectivity index (χ2v) is 8.58. The molecule has 1 aliphatic rings. The number of hydrogen-bond acceptors (Lipinski definition) is 3. The standard InChI is InChI=1S/C15H22FNO2S2/c1-12-11-13(16)7-8-15(12)21(18,19)17-9-10-20-14-5-3-2-4-6-14/h7-8,11,14,17H,2-6,9-10H2,1H3. The summed E-state index contributed by atoms with van der Waals surface area (Å²) in [6.07, 6.45) is 6.40. The molecule has 0 amide bonds. The highest BCUT2D eigenvalue weighted by Crippen LogP contribution is 2.27. The smallest absolute Gasteiger partial charge is 0.210 e. The van der Waals surface area contributed by atoms with Gasteiger partial charge in [0.2, 0.25) is 10.0 Å². The number of benzene rings is 1. The molecule has 0 spiro atoms. The van der Waals surface area contributed by atoms with Gasteiger partial charge in [-0.1, -0.05) is 19.3 Å². The Hall–Kier alpha value is -0.590. The van der Waals surface area contributed by atoms with Gasteiger partial charge < -0.3 is 0 Å². The minimum Gasteiger partial charge on any atom is -0.210 e. The van der Waals surface area contributed by atoms with Crippen LogP contribution in [0.15, 0.2) is 23.1 Å². The summed E-state index contributed by atoms with van der Waals surface area (Å²) < 4.78 is 40.0. The van der Waals surface area contributed by atoms with Crippen molar-refractivity contribution in [3.8, 4) is 0 Å². The molecular formula is C15H22FNO2S2. The molecule has 6 heteroatoms. The maximum absolute atomic E-state index is 13.0. The molecule has 0 aliphatic heterocycles. The van der Waals surface area contributed by atoms with Crippen LogP contribution in [0.5, 0.6) is 0 Å². The van der Waals surface area contributed by atoms with Crippen molar-refractivity contribution < 1.29 is 12.8 Å². The van der Waals surface area contributed by atoms with Gasteiger partial charge in [0, 0.05) is 17.5 Å². The lowest BCUT2D eigenvalue weighted by Crippen LogP contribution is -2.27. The summed E-state index contributed by atoms with van der Waals surface area (Å²) in [5.74, 6) is 0.365. The predicted octanol–water partition coefficient (Wildman–Crippen LogP) is 3.48. The molecular weight excluding hydrogens is 309 g/mol. The lowest BCUT2D eigenvalue weighted by Gasteiger charge is -2.20. The van der Waals surface area contributed by atoms with Gasteiger partial charge in [-0.15, -0.1) is 0 Å². The van der Waals surface area contributed by atoms with Crippen LogP contribution < -0.4 is 4.72 Å². The van der Waals surface area contributed by atoms with Crippen LogP contribution in [-0.4, -0.2) is 26.0 Å². The normalized spacial score (nSPS) is 17.0. The molecule has 0 atom stereocenters. The van der Waals surface area contributed by atoms with E-state index in [2.05, 4.69) is 4.72 Å². The highest BCUT2D eigenvalue weighted by Gasteiger charge is 2.17. The fourth-order valence-electron chi connectivity index (χ4n) is 2.63. The number of hydrogen-bond donors (Lipinski definition) is 1. The van der Waals surface area contributed by atoms with Crippen LogP contribution in [0, 0.1) is 12.7 Å². The zero-order valence-electron chi connectivity index (χ0n) is 12.3. The van der Waals surface area contributed by atoms with Crippen molar-refractivity contribution in [1.29, 1.82) is 0 Å². The Bertz CT molecular complexity index is 569. The Morgan fingerprint density at radius 1 is 1.29 bits per heavy atom. The van der Waals surface area contributed by atoms with Crippen LogP contribution in [0.4, 0.5) is 4.39 Å². The largest absolute Gasteiger partial charge is 0.240 e. The van der Waals surface area contributed by atoms with E-state index >= 15 is 0 Å². The molecule has 21 heavy (non-hydrogen) atoms. The van der Waals surface area contributed by atoms with Crippen molar-refractivity contribution in [2.75, 3.05) is 12.3 Å². The van der Waals surface area contributed by atoms with Crippen molar-refractivity contribution >= 4 is 21.8 Å². The van der Waals surface area contributed by atoms with Crippen LogP contribution in [-0.2, 0) is 10.0 Å². The van der Waals surface area contributed by atoms with Gasteiger partial charge in [-0.2, -0.15) is 11.8 Å². The van der Waals surface area contributed by atoms with Gasteiger partial charge in [0.15, 0.2) is 0 Å². The SMILES string of the molecule is Cc1cc(F)ccc1S(=O)(=O)NCCSC1CCCCC1. The molecule has 1 fully saturated rings. The van der Waals surface area contributed by atoms with E-state index in [0.29, 0.717) is 17.4 Å². The van der Waals surface area contributed by atoms with E-state index in [-0.39, 0.29) is 4.90 Å². The molecule has 0 saturated heterocycles. The number of halogens is 1. The highest BCUT2D eigenvalue weighted by atomic mass is 32.2. The third-order valence-corrected chi connectivity index (χ3v) is 6.73. The number of rotatable bonds is 6. The van der Waals surface area contributed by atoms with Crippen molar-refractivity contribution in [1.82, 2.24) is 4.72 Å². The molecule has 0 heterocycles. The molecule has 1 saturated carbocycles. The topological polar surface area (TPSA) is 46.2 Å². The van der Waals surface area contributed by atoms with Crippen molar-refractivity contribution in [2.45, 2.75) is 49.2 Å². The first kappa shape index (κ1) is 16.8. The van der Waals surface area contributed by atoms with Crippen molar-refractivity contribution in [2.24, 2.45) is 0 Å². The number of thioether (sulfide) groups is 1. The van der Waals surface area contributed by atoms with Crippen LogP contribution in [0.2, 0.25) is 0 Å². The Kier molecular flexibility index (Phi) is 6.08. The van der Waals surface area contributed by atoms with Gasteiger partial charge in [-0.25, -0.2) is 17.5 Å². The monoisotopic (exact) mass is 331 g/mol. The van der Waals surface area contributed by atoms with E-state index in [1.807, 2.05) is 11.8 Å². The molecule has 0 aromatic heterocycles. The average molecular weight is 331 g/mol. The molecule has 0 radical (unpaired) electrons. The number of aryl methyl sites for hydroxylation is 1. The molecule has 2 rings (SSSR count). The quantitative estimate of drug-likeness (QED) is 0.812. The van der Waals surface area contributed by atoms with E-state index in [1.54, 1.807) is 6.92 Å². The first-order chi connectivity index (χ1) is 9.99. The Morgan fingerprint density at radius 2 is 2.00 bits per heavy atom. The molecule has 118 valence electrons. The molecule has 1 aromatic carbocycles. The summed E-state index contributed by atoms with van der Waals surface area (Å²) in [4.78, 5) is 0.159. The van der Waals surface area contributed by atoms with Crippen LogP contribution in [0.25, 0.3) is 0 Å². The molecule has 1 N–H and O–H groups in total. The fourth-order valence-corrected chi connectivity index (χ4v) is 5.23.